The second-order valence-electron chi connectivity index (χ2n) is 3.15. The molecule has 1 unspecified atom stereocenters. The molecule has 1 atom stereocenters. The Bertz CT molecular complexity index is 288. The van der Waals surface area contributed by atoms with E-state index in [-0.39, 0.29) is 0 Å². The minimum atomic E-state index is 0.381. The van der Waals surface area contributed by atoms with E-state index >= 15 is 0 Å². The lowest BCUT2D eigenvalue weighted by Gasteiger charge is -2.26. The summed E-state index contributed by atoms with van der Waals surface area (Å²) in [6.07, 6.45) is 1.53. The smallest absolute Gasteiger partial charge is 0.236 e. The van der Waals surface area contributed by atoms with Crippen LogP contribution in [0.15, 0.2) is 4.52 Å². The van der Waals surface area contributed by atoms with E-state index in [1.165, 1.54) is 0 Å². The summed E-state index contributed by atoms with van der Waals surface area (Å²) in [5, 5.41) is 7.06. The number of halogens is 1. The van der Waals surface area contributed by atoms with E-state index in [4.69, 9.17) is 9.26 Å². The molecule has 0 aliphatic carbocycles. The highest BCUT2D eigenvalue weighted by atomic mass is 127. The third-order valence-corrected chi connectivity index (χ3v) is 2.73. The van der Waals surface area contributed by atoms with Crippen LogP contribution in [-0.2, 0) is 15.7 Å². The number of nitrogens with zero attached hydrogens (tertiary/aromatic N) is 2. The summed E-state index contributed by atoms with van der Waals surface area (Å²) >= 11 is 2.19. The van der Waals surface area contributed by atoms with Crippen molar-refractivity contribution in [3.8, 4) is 0 Å². The largest absolute Gasteiger partial charge is 0.377 e. The molecule has 0 bridgehead atoms. The molecule has 14 heavy (non-hydrogen) atoms. The maximum atomic E-state index is 5.27. The quantitative estimate of drug-likeness (QED) is 0.646. The van der Waals surface area contributed by atoms with Crippen LogP contribution in [0.2, 0.25) is 0 Å². The van der Waals surface area contributed by atoms with E-state index in [0.717, 1.165) is 29.8 Å². The van der Waals surface area contributed by atoms with Gasteiger partial charge in [0.15, 0.2) is 5.82 Å². The highest BCUT2D eigenvalue weighted by Gasteiger charge is 2.17. The number of aromatic nitrogens is 2. The fourth-order valence-corrected chi connectivity index (χ4v) is 1.52. The molecular weight excluding hydrogens is 297 g/mol. The minimum Gasteiger partial charge on any atom is -0.377 e. The van der Waals surface area contributed by atoms with Crippen LogP contribution >= 0.6 is 22.6 Å². The zero-order valence-electron chi connectivity index (χ0n) is 7.70. The highest BCUT2D eigenvalue weighted by molar-refractivity contribution is 14.1. The Morgan fingerprint density at radius 1 is 1.57 bits per heavy atom. The molecule has 1 fully saturated rings. The zero-order valence-corrected chi connectivity index (χ0v) is 9.86. The van der Waals surface area contributed by atoms with Crippen LogP contribution in [0.5, 0.6) is 0 Å². The summed E-state index contributed by atoms with van der Waals surface area (Å²) in [6, 6.07) is 0. The average Bonchev–Trinajstić information content (AvgIpc) is 2.57. The van der Waals surface area contributed by atoms with Crippen molar-refractivity contribution in [1.29, 1.82) is 0 Å². The fourth-order valence-electron chi connectivity index (χ4n) is 1.21. The first kappa shape index (κ1) is 10.3. The van der Waals surface area contributed by atoms with Crippen molar-refractivity contribution in [2.75, 3.05) is 13.2 Å². The van der Waals surface area contributed by atoms with Crippen LogP contribution < -0.4 is 5.32 Å². The monoisotopic (exact) mass is 309 g/mol. The van der Waals surface area contributed by atoms with Gasteiger partial charge in [-0.05, 0) is 6.42 Å². The van der Waals surface area contributed by atoms with Crippen molar-refractivity contribution in [3.63, 3.8) is 0 Å². The highest BCUT2D eigenvalue weighted by Crippen LogP contribution is 2.09. The number of hydrogen-bond donors (Lipinski definition) is 1. The molecule has 78 valence electrons. The average molecular weight is 309 g/mol. The van der Waals surface area contributed by atoms with Crippen molar-refractivity contribution in [3.05, 3.63) is 11.7 Å². The zero-order chi connectivity index (χ0) is 9.80. The molecule has 1 aliphatic rings. The van der Waals surface area contributed by atoms with Gasteiger partial charge in [-0.3, -0.25) is 0 Å². The van der Waals surface area contributed by atoms with Gasteiger partial charge < -0.3 is 14.6 Å². The van der Waals surface area contributed by atoms with Crippen LogP contribution in [0.3, 0.4) is 0 Å². The molecule has 1 aliphatic heterocycles. The molecule has 1 saturated heterocycles. The van der Waals surface area contributed by atoms with Crippen LogP contribution in [0.4, 0.5) is 0 Å². The molecule has 5 nitrogen and oxygen atoms in total. The lowest BCUT2D eigenvalue weighted by molar-refractivity contribution is -0.0485. The normalized spacial score (nSPS) is 20.8. The SMILES string of the molecule is ICc1nc(CNCC2CCO2)no1. The summed E-state index contributed by atoms with van der Waals surface area (Å²) in [5.74, 6) is 1.40. The molecule has 0 spiro atoms. The van der Waals surface area contributed by atoms with Gasteiger partial charge in [-0.1, -0.05) is 27.7 Å². The van der Waals surface area contributed by atoms with Crippen LogP contribution in [-0.4, -0.2) is 29.4 Å². The molecule has 0 aromatic carbocycles. The van der Waals surface area contributed by atoms with Gasteiger partial charge in [0, 0.05) is 13.2 Å². The van der Waals surface area contributed by atoms with E-state index in [1.54, 1.807) is 0 Å². The van der Waals surface area contributed by atoms with E-state index in [0.29, 0.717) is 18.5 Å². The first-order chi connectivity index (χ1) is 6.88. The first-order valence-corrected chi connectivity index (χ1v) is 6.11. The molecule has 1 aromatic rings. The van der Waals surface area contributed by atoms with Gasteiger partial charge >= 0.3 is 0 Å². The molecule has 1 N–H and O–H groups in total. The Balaban J connectivity index is 1.68. The Kier molecular flexibility index (Phi) is 3.71. The summed E-state index contributed by atoms with van der Waals surface area (Å²) in [6.45, 7) is 2.42. The maximum Gasteiger partial charge on any atom is 0.236 e. The summed E-state index contributed by atoms with van der Waals surface area (Å²) < 4.78 is 11.0. The lowest BCUT2D eigenvalue weighted by Crippen LogP contribution is -2.37. The van der Waals surface area contributed by atoms with Gasteiger partial charge in [-0.2, -0.15) is 4.98 Å². The van der Waals surface area contributed by atoms with Gasteiger partial charge in [-0.15, -0.1) is 0 Å². The molecular formula is C8H12IN3O2. The Hall–Kier alpha value is -0.210. The van der Waals surface area contributed by atoms with E-state index in [9.17, 15) is 0 Å². The van der Waals surface area contributed by atoms with E-state index in [2.05, 4.69) is 38.0 Å². The van der Waals surface area contributed by atoms with Crippen molar-refractivity contribution < 1.29 is 9.26 Å². The molecule has 6 heteroatoms. The van der Waals surface area contributed by atoms with Crippen LogP contribution in [0, 0.1) is 0 Å². The topological polar surface area (TPSA) is 60.2 Å². The first-order valence-electron chi connectivity index (χ1n) is 4.58. The Morgan fingerprint density at radius 3 is 3.00 bits per heavy atom. The van der Waals surface area contributed by atoms with Gasteiger partial charge in [0.1, 0.15) is 0 Å². The lowest BCUT2D eigenvalue weighted by atomic mass is 10.2. The van der Waals surface area contributed by atoms with Crippen LogP contribution in [0.1, 0.15) is 18.1 Å². The summed E-state index contributed by atoms with van der Waals surface area (Å²) in [5.41, 5.74) is 0. The molecule has 2 heterocycles. The molecule has 0 amide bonds. The van der Waals surface area contributed by atoms with E-state index < -0.39 is 0 Å². The Labute approximate surface area is 95.7 Å². The molecule has 2 rings (SSSR count). The fraction of sp³-hybridized carbons (Fsp3) is 0.750. The van der Waals surface area contributed by atoms with Crippen molar-refractivity contribution >= 4 is 22.6 Å². The van der Waals surface area contributed by atoms with Gasteiger partial charge in [0.05, 0.1) is 17.1 Å². The summed E-state index contributed by atoms with van der Waals surface area (Å²) in [7, 11) is 0. The minimum absolute atomic E-state index is 0.381. The van der Waals surface area contributed by atoms with Crippen LogP contribution in [0.25, 0.3) is 0 Å². The van der Waals surface area contributed by atoms with E-state index in [1.807, 2.05) is 0 Å². The second-order valence-corrected chi connectivity index (χ2v) is 3.91. The van der Waals surface area contributed by atoms with Crippen molar-refractivity contribution in [1.82, 2.24) is 15.5 Å². The van der Waals surface area contributed by atoms with Gasteiger partial charge in [-0.25, -0.2) is 0 Å². The number of nitrogens with one attached hydrogen (secondary N) is 1. The van der Waals surface area contributed by atoms with Crippen molar-refractivity contribution in [2.45, 2.75) is 23.5 Å². The molecule has 0 saturated carbocycles. The number of alkyl halides is 1. The van der Waals surface area contributed by atoms with Crippen molar-refractivity contribution in [2.24, 2.45) is 0 Å². The third kappa shape index (κ3) is 2.64. The third-order valence-electron chi connectivity index (χ3n) is 2.07. The standard InChI is InChI=1S/C8H12IN3O2/c9-3-8-11-7(12-14-8)5-10-4-6-1-2-13-6/h6,10H,1-5H2. The maximum absolute atomic E-state index is 5.27. The number of rotatable bonds is 5. The Morgan fingerprint density at radius 2 is 2.43 bits per heavy atom. The predicted molar refractivity (Wildman–Crippen MR) is 58.1 cm³/mol. The predicted octanol–water partition coefficient (Wildman–Crippen LogP) is 0.883. The number of hydrogen-bond acceptors (Lipinski definition) is 5. The molecule has 1 aromatic heterocycles. The molecule has 0 radical (unpaired) electrons. The number of ether oxygens (including phenoxy) is 1. The summed E-state index contributed by atoms with van der Waals surface area (Å²) in [4.78, 5) is 4.18. The van der Waals surface area contributed by atoms with Gasteiger partial charge in [0.25, 0.3) is 0 Å². The van der Waals surface area contributed by atoms with Gasteiger partial charge in [0.2, 0.25) is 5.89 Å². The second kappa shape index (κ2) is 5.04.